The van der Waals surface area contributed by atoms with Gasteiger partial charge in [-0.05, 0) is 35.2 Å². The van der Waals surface area contributed by atoms with E-state index in [1.54, 1.807) is 30.6 Å². The van der Waals surface area contributed by atoms with Gasteiger partial charge in [-0.15, -0.1) is 22.7 Å². The van der Waals surface area contributed by atoms with Crippen LogP contribution in [-0.2, 0) is 9.53 Å². The standard InChI is InChI=1S/C21H15FN4O3S2/c22-14-6-4-13(5-7-14)18(16-3-1-10-30-16)26-17(27)11-29-21(28)15-12-31-20(25-15)19-23-8-2-9-24-19/h1-10,12,18H,11H2,(H,26,27). The molecule has 4 aromatic rings. The second-order valence-corrected chi connectivity index (χ2v) is 8.09. The van der Waals surface area contributed by atoms with Crippen LogP contribution in [0, 0.1) is 5.82 Å². The normalized spacial score (nSPS) is 11.6. The Labute approximate surface area is 184 Å². The van der Waals surface area contributed by atoms with Crippen molar-refractivity contribution in [2.75, 3.05) is 6.61 Å². The van der Waals surface area contributed by atoms with Gasteiger partial charge in [0.15, 0.2) is 23.1 Å². The van der Waals surface area contributed by atoms with Crippen molar-refractivity contribution in [3.05, 3.63) is 87.6 Å². The zero-order chi connectivity index (χ0) is 21.6. The molecule has 0 fully saturated rings. The van der Waals surface area contributed by atoms with Crippen molar-refractivity contribution in [3.8, 4) is 10.8 Å². The van der Waals surface area contributed by atoms with Crippen molar-refractivity contribution in [2.45, 2.75) is 6.04 Å². The van der Waals surface area contributed by atoms with E-state index in [-0.39, 0.29) is 11.5 Å². The summed E-state index contributed by atoms with van der Waals surface area (Å²) in [4.78, 5) is 37.9. The number of aromatic nitrogens is 3. The van der Waals surface area contributed by atoms with Gasteiger partial charge >= 0.3 is 5.97 Å². The largest absolute Gasteiger partial charge is 0.451 e. The Kier molecular flexibility index (Phi) is 6.39. The lowest BCUT2D eigenvalue weighted by molar-refractivity contribution is -0.124. The molecule has 0 saturated heterocycles. The number of halogens is 1. The van der Waals surface area contributed by atoms with E-state index in [2.05, 4.69) is 20.3 Å². The highest BCUT2D eigenvalue weighted by atomic mass is 32.1. The zero-order valence-electron chi connectivity index (χ0n) is 15.9. The third-order valence-electron chi connectivity index (χ3n) is 4.14. The molecule has 3 aromatic heterocycles. The van der Waals surface area contributed by atoms with Crippen LogP contribution in [0.5, 0.6) is 0 Å². The van der Waals surface area contributed by atoms with Crippen molar-refractivity contribution < 1.29 is 18.7 Å². The lowest BCUT2D eigenvalue weighted by atomic mass is 10.1. The van der Waals surface area contributed by atoms with E-state index in [0.717, 1.165) is 10.4 Å². The number of thiophene rings is 1. The number of thiazole rings is 1. The van der Waals surface area contributed by atoms with E-state index < -0.39 is 24.5 Å². The van der Waals surface area contributed by atoms with Gasteiger partial charge in [0.25, 0.3) is 5.91 Å². The number of benzene rings is 1. The molecule has 1 unspecified atom stereocenters. The third kappa shape index (κ3) is 5.16. The molecule has 1 N–H and O–H groups in total. The maximum absolute atomic E-state index is 13.3. The molecular formula is C21H15FN4O3S2. The molecule has 0 bridgehead atoms. The predicted molar refractivity (Wildman–Crippen MR) is 114 cm³/mol. The van der Waals surface area contributed by atoms with Crippen molar-refractivity contribution >= 4 is 34.6 Å². The Morgan fingerprint density at radius 3 is 2.55 bits per heavy atom. The summed E-state index contributed by atoms with van der Waals surface area (Å²) in [5.74, 6) is -1.17. The lowest BCUT2D eigenvalue weighted by Crippen LogP contribution is -2.32. The smallest absolute Gasteiger partial charge is 0.358 e. The quantitative estimate of drug-likeness (QED) is 0.426. The predicted octanol–water partition coefficient (Wildman–Crippen LogP) is 3.86. The molecule has 4 rings (SSSR count). The minimum absolute atomic E-state index is 0.0774. The van der Waals surface area contributed by atoms with Crippen LogP contribution in [0.4, 0.5) is 4.39 Å². The molecule has 1 atom stereocenters. The van der Waals surface area contributed by atoms with Crippen LogP contribution in [0.15, 0.2) is 65.6 Å². The van der Waals surface area contributed by atoms with Gasteiger partial charge in [-0.1, -0.05) is 18.2 Å². The molecule has 0 aliphatic carbocycles. The molecule has 0 aliphatic heterocycles. The maximum Gasteiger partial charge on any atom is 0.358 e. The summed E-state index contributed by atoms with van der Waals surface area (Å²) in [5, 5.41) is 6.71. The van der Waals surface area contributed by atoms with Gasteiger partial charge in [0.05, 0.1) is 6.04 Å². The molecule has 7 nitrogen and oxygen atoms in total. The van der Waals surface area contributed by atoms with Gasteiger partial charge in [0, 0.05) is 22.7 Å². The molecule has 1 aromatic carbocycles. The van der Waals surface area contributed by atoms with Gasteiger partial charge in [-0.3, -0.25) is 4.79 Å². The molecule has 1 amide bonds. The van der Waals surface area contributed by atoms with Crippen LogP contribution < -0.4 is 5.32 Å². The molecule has 156 valence electrons. The number of hydrogen-bond donors (Lipinski definition) is 1. The number of carbonyl (C=O) groups excluding carboxylic acids is 2. The number of rotatable bonds is 7. The summed E-state index contributed by atoms with van der Waals surface area (Å²) in [6.45, 7) is -0.476. The number of carbonyl (C=O) groups is 2. The number of nitrogens with zero attached hydrogens (tertiary/aromatic N) is 3. The Balaban J connectivity index is 1.39. The fourth-order valence-corrected chi connectivity index (χ4v) is 4.25. The first-order valence-corrected chi connectivity index (χ1v) is 10.8. The number of ether oxygens (including phenoxy) is 1. The Bertz CT molecular complexity index is 1170. The summed E-state index contributed by atoms with van der Waals surface area (Å²) in [6.07, 6.45) is 3.16. The van der Waals surface area contributed by atoms with E-state index in [9.17, 15) is 14.0 Å². The van der Waals surface area contributed by atoms with Gasteiger partial charge in [0.1, 0.15) is 5.82 Å². The highest BCUT2D eigenvalue weighted by Crippen LogP contribution is 2.26. The third-order valence-corrected chi connectivity index (χ3v) is 5.92. The summed E-state index contributed by atoms with van der Waals surface area (Å²) in [5.41, 5.74) is 0.795. The molecule has 0 spiro atoms. The fraction of sp³-hybridized carbons (Fsp3) is 0.0952. The minimum Gasteiger partial charge on any atom is -0.451 e. The maximum atomic E-state index is 13.3. The van der Waals surface area contributed by atoms with Crippen molar-refractivity contribution in [1.29, 1.82) is 0 Å². The van der Waals surface area contributed by atoms with Gasteiger partial charge in [-0.25, -0.2) is 24.1 Å². The Hall–Kier alpha value is -3.50. The van der Waals surface area contributed by atoms with E-state index in [0.29, 0.717) is 10.8 Å². The second-order valence-electron chi connectivity index (χ2n) is 6.25. The number of nitrogens with one attached hydrogen (secondary N) is 1. The summed E-state index contributed by atoms with van der Waals surface area (Å²) in [7, 11) is 0. The topological polar surface area (TPSA) is 94.1 Å². The van der Waals surface area contributed by atoms with E-state index in [1.165, 1.54) is 40.2 Å². The average Bonchev–Trinajstić information content (AvgIpc) is 3.50. The molecule has 10 heteroatoms. The first kappa shape index (κ1) is 20.8. The molecule has 0 saturated carbocycles. The summed E-state index contributed by atoms with van der Waals surface area (Å²) >= 11 is 2.66. The van der Waals surface area contributed by atoms with E-state index >= 15 is 0 Å². The second kappa shape index (κ2) is 9.54. The van der Waals surface area contributed by atoms with Crippen molar-refractivity contribution in [3.63, 3.8) is 0 Å². The van der Waals surface area contributed by atoms with Crippen molar-refractivity contribution in [2.24, 2.45) is 0 Å². The first-order chi connectivity index (χ1) is 15.1. The van der Waals surface area contributed by atoms with E-state index in [4.69, 9.17) is 4.74 Å². The molecule has 0 aliphatic rings. The number of esters is 1. The van der Waals surface area contributed by atoms with Crippen LogP contribution in [0.1, 0.15) is 27.0 Å². The first-order valence-electron chi connectivity index (χ1n) is 9.08. The fourth-order valence-electron chi connectivity index (χ4n) is 2.72. The van der Waals surface area contributed by atoms with E-state index in [1.807, 2.05) is 17.5 Å². The molecule has 3 heterocycles. The molecule has 0 radical (unpaired) electrons. The van der Waals surface area contributed by atoms with Gasteiger partial charge in [0.2, 0.25) is 0 Å². The summed E-state index contributed by atoms with van der Waals surface area (Å²) < 4.78 is 18.4. The zero-order valence-corrected chi connectivity index (χ0v) is 17.5. The van der Waals surface area contributed by atoms with Crippen molar-refractivity contribution in [1.82, 2.24) is 20.3 Å². The van der Waals surface area contributed by atoms with Crippen LogP contribution in [0.3, 0.4) is 0 Å². The van der Waals surface area contributed by atoms with Crippen LogP contribution in [0.2, 0.25) is 0 Å². The lowest BCUT2D eigenvalue weighted by Gasteiger charge is -2.18. The molecular weight excluding hydrogens is 439 g/mol. The summed E-state index contributed by atoms with van der Waals surface area (Å²) in [6, 6.07) is 10.8. The molecule has 31 heavy (non-hydrogen) atoms. The van der Waals surface area contributed by atoms with Crippen LogP contribution in [0.25, 0.3) is 10.8 Å². The monoisotopic (exact) mass is 454 g/mol. The van der Waals surface area contributed by atoms with Crippen LogP contribution >= 0.6 is 22.7 Å². The van der Waals surface area contributed by atoms with Crippen LogP contribution in [-0.4, -0.2) is 33.4 Å². The van der Waals surface area contributed by atoms with Gasteiger partial charge in [-0.2, -0.15) is 0 Å². The number of amides is 1. The minimum atomic E-state index is -0.719. The van der Waals surface area contributed by atoms with Gasteiger partial charge < -0.3 is 10.1 Å². The highest BCUT2D eigenvalue weighted by molar-refractivity contribution is 7.13. The number of hydrogen-bond acceptors (Lipinski definition) is 8. The average molecular weight is 455 g/mol. The highest BCUT2D eigenvalue weighted by Gasteiger charge is 2.20. The Morgan fingerprint density at radius 2 is 1.84 bits per heavy atom. The SMILES string of the molecule is O=C(COC(=O)c1csc(-c2ncccn2)n1)NC(c1ccc(F)cc1)c1cccs1. The Morgan fingerprint density at radius 1 is 1.06 bits per heavy atom.